The van der Waals surface area contributed by atoms with Crippen LogP contribution in [0.5, 0.6) is 0 Å². The summed E-state index contributed by atoms with van der Waals surface area (Å²) in [5.74, 6) is -0.462. The Labute approximate surface area is 155 Å². The van der Waals surface area contributed by atoms with Crippen molar-refractivity contribution in [2.24, 2.45) is 0 Å². The van der Waals surface area contributed by atoms with Crippen LogP contribution in [0, 0.1) is 0 Å². The maximum atomic E-state index is 13.1. The van der Waals surface area contributed by atoms with Crippen LogP contribution >= 0.6 is 0 Å². The molecule has 2 aromatic rings. The van der Waals surface area contributed by atoms with E-state index in [0.717, 1.165) is 38.8 Å². The molecule has 0 aliphatic carbocycles. The number of nitrogens with one attached hydrogen (secondary N) is 1. The van der Waals surface area contributed by atoms with Gasteiger partial charge in [-0.2, -0.15) is 0 Å². The van der Waals surface area contributed by atoms with Gasteiger partial charge >= 0.3 is 5.97 Å². The van der Waals surface area contributed by atoms with Crippen molar-refractivity contribution >= 4 is 16.9 Å². The summed E-state index contributed by atoms with van der Waals surface area (Å²) in [5, 5.41) is 0.612. The first-order chi connectivity index (χ1) is 12.6. The van der Waals surface area contributed by atoms with E-state index in [0.29, 0.717) is 23.0 Å². The monoisotopic (exact) mass is 358 g/mol. The first-order valence-electron chi connectivity index (χ1n) is 9.65. The number of fused-ring (bicyclic) bond motifs is 1. The molecule has 0 radical (unpaired) electrons. The van der Waals surface area contributed by atoms with Crippen LogP contribution in [0.4, 0.5) is 0 Å². The highest BCUT2D eigenvalue weighted by molar-refractivity contribution is 5.92. The third-order valence-corrected chi connectivity index (χ3v) is 4.52. The van der Waals surface area contributed by atoms with E-state index in [4.69, 9.17) is 4.74 Å². The zero-order valence-corrected chi connectivity index (χ0v) is 16.1. The van der Waals surface area contributed by atoms with Gasteiger partial charge < -0.3 is 9.72 Å². The van der Waals surface area contributed by atoms with E-state index in [2.05, 4.69) is 23.7 Å². The minimum absolute atomic E-state index is 0.0830. The first kappa shape index (κ1) is 20.2. The summed E-state index contributed by atoms with van der Waals surface area (Å²) in [4.78, 5) is 31.0. The molecule has 0 spiro atoms. The Bertz CT molecular complexity index is 774. The number of para-hydroxylation sites is 1. The number of carbonyl (C=O) groups excluding carboxylic acids is 1. The lowest BCUT2D eigenvalue weighted by Gasteiger charge is -2.23. The number of carbonyl (C=O) groups is 1. The molecule has 0 aliphatic rings. The quantitative estimate of drug-likeness (QED) is 0.649. The minimum atomic E-state index is -0.462. The van der Waals surface area contributed by atoms with Crippen LogP contribution in [0.15, 0.2) is 29.1 Å². The van der Waals surface area contributed by atoms with E-state index in [1.54, 1.807) is 13.0 Å². The van der Waals surface area contributed by atoms with Crippen molar-refractivity contribution in [3.8, 4) is 0 Å². The van der Waals surface area contributed by atoms with Gasteiger partial charge in [0.15, 0.2) is 5.43 Å². The molecule has 1 aromatic carbocycles. The molecule has 0 bridgehead atoms. The number of pyridine rings is 1. The van der Waals surface area contributed by atoms with E-state index in [9.17, 15) is 9.59 Å². The van der Waals surface area contributed by atoms with E-state index in [-0.39, 0.29) is 17.7 Å². The molecular formula is C21H30N2O3. The Morgan fingerprint density at radius 2 is 1.73 bits per heavy atom. The van der Waals surface area contributed by atoms with Crippen LogP contribution < -0.4 is 5.43 Å². The largest absolute Gasteiger partial charge is 0.461 e. The number of rotatable bonds is 10. The summed E-state index contributed by atoms with van der Waals surface area (Å²) in [5.41, 5.74) is 1.38. The molecule has 0 unspecified atom stereocenters. The number of aromatic nitrogens is 1. The number of unbranched alkanes of at least 4 members (excludes halogenated alkanes) is 2. The molecular weight excluding hydrogens is 328 g/mol. The Morgan fingerprint density at radius 1 is 1.08 bits per heavy atom. The van der Waals surface area contributed by atoms with Gasteiger partial charge in [-0.25, -0.2) is 4.79 Å². The molecule has 26 heavy (non-hydrogen) atoms. The van der Waals surface area contributed by atoms with E-state index in [1.165, 1.54) is 0 Å². The Hall–Kier alpha value is -2.14. The molecule has 1 heterocycles. The molecule has 0 fully saturated rings. The summed E-state index contributed by atoms with van der Waals surface area (Å²) in [6, 6.07) is 7.31. The SMILES string of the molecule is CCCCN(CCCC)Cc1c(C(=O)OCC)[nH]c2ccccc2c1=O. The van der Waals surface area contributed by atoms with Gasteiger partial charge in [0.1, 0.15) is 5.69 Å². The fourth-order valence-electron chi connectivity index (χ4n) is 3.06. The second kappa shape index (κ2) is 10.1. The topological polar surface area (TPSA) is 62.4 Å². The molecule has 0 saturated heterocycles. The molecule has 1 N–H and O–H groups in total. The summed E-state index contributed by atoms with van der Waals surface area (Å²) >= 11 is 0. The van der Waals surface area contributed by atoms with Crippen molar-refractivity contribution in [2.45, 2.75) is 53.0 Å². The first-order valence-corrected chi connectivity index (χ1v) is 9.65. The van der Waals surface area contributed by atoms with Gasteiger partial charge in [-0.15, -0.1) is 0 Å². The van der Waals surface area contributed by atoms with Gasteiger partial charge in [-0.05, 0) is 45.0 Å². The highest BCUT2D eigenvalue weighted by atomic mass is 16.5. The third kappa shape index (κ3) is 4.94. The number of hydrogen-bond donors (Lipinski definition) is 1. The Kier molecular flexibility index (Phi) is 7.85. The average Bonchev–Trinajstić information content (AvgIpc) is 2.65. The fourth-order valence-corrected chi connectivity index (χ4v) is 3.06. The normalized spacial score (nSPS) is 11.2. The molecule has 0 aliphatic heterocycles. The number of H-pyrrole nitrogens is 1. The number of aromatic amines is 1. The van der Waals surface area contributed by atoms with Crippen molar-refractivity contribution in [2.75, 3.05) is 19.7 Å². The summed E-state index contributed by atoms with van der Waals surface area (Å²) in [7, 11) is 0. The zero-order valence-electron chi connectivity index (χ0n) is 16.1. The second-order valence-electron chi connectivity index (χ2n) is 6.56. The number of hydrogen-bond acceptors (Lipinski definition) is 4. The van der Waals surface area contributed by atoms with Crippen molar-refractivity contribution in [3.05, 3.63) is 45.7 Å². The van der Waals surface area contributed by atoms with E-state index >= 15 is 0 Å². The highest BCUT2D eigenvalue weighted by Crippen LogP contribution is 2.15. The number of esters is 1. The van der Waals surface area contributed by atoms with Gasteiger partial charge in [-0.1, -0.05) is 38.8 Å². The molecule has 5 heteroatoms. The van der Waals surface area contributed by atoms with Crippen molar-refractivity contribution in [1.82, 2.24) is 9.88 Å². The molecule has 1 aromatic heterocycles. The van der Waals surface area contributed by atoms with Crippen LogP contribution in [0.25, 0.3) is 10.9 Å². The van der Waals surface area contributed by atoms with Crippen LogP contribution in [0.1, 0.15) is 62.5 Å². The summed E-state index contributed by atoms with van der Waals surface area (Å²) in [6.07, 6.45) is 4.34. The molecule has 142 valence electrons. The molecule has 2 rings (SSSR count). The zero-order chi connectivity index (χ0) is 18.9. The maximum absolute atomic E-state index is 13.1. The number of ether oxygens (including phenoxy) is 1. The molecule has 5 nitrogen and oxygen atoms in total. The molecule has 0 amide bonds. The molecule has 0 atom stereocenters. The second-order valence-corrected chi connectivity index (χ2v) is 6.56. The van der Waals surface area contributed by atoms with E-state index < -0.39 is 5.97 Å². The molecule has 0 saturated carbocycles. The van der Waals surface area contributed by atoms with Crippen molar-refractivity contribution in [1.29, 1.82) is 0 Å². The van der Waals surface area contributed by atoms with Crippen LogP contribution in [-0.2, 0) is 11.3 Å². The van der Waals surface area contributed by atoms with Crippen LogP contribution in [0.2, 0.25) is 0 Å². The minimum Gasteiger partial charge on any atom is -0.461 e. The van der Waals surface area contributed by atoms with Gasteiger partial charge in [-0.3, -0.25) is 9.69 Å². The van der Waals surface area contributed by atoms with Gasteiger partial charge in [0.2, 0.25) is 0 Å². The average molecular weight is 358 g/mol. The standard InChI is InChI=1S/C21H30N2O3/c1-4-7-13-23(14-8-5-2)15-17-19(21(25)26-6-3)22-18-12-10-9-11-16(18)20(17)24/h9-12H,4-8,13-15H2,1-3H3,(H,22,24). The van der Waals surface area contributed by atoms with Crippen molar-refractivity contribution < 1.29 is 9.53 Å². The number of benzene rings is 1. The maximum Gasteiger partial charge on any atom is 0.355 e. The predicted octanol–water partition coefficient (Wildman–Crippen LogP) is 4.11. The van der Waals surface area contributed by atoms with Gasteiger partial charge in [0.05, 0.1) is 6.61 Å². The number of nitrogens with zero attached hydrogens (tertiary/aromatic N) is 1. The smallest absolute Gasteiger partial charge is 0.355 e. The fraction of sp³-hybridized carbons (Fsp3) is 0.524. The highest BCUT2D eigenvalue weighted by Gasteiger charge is 2.20. The third-order valence-electron chi connectivity index (χ3n) is 4.52. The van der Waals surface area contributed by atoms with Crippen molar-refractivity contribution in [3.63, 3.8) is 0 Å². The summed E-state index contributed by atoms with van der Waals surface area (Å²) in [6.45, 7) is 8.67. The van der Waals surface area contributed by atoms with Gasteiger partial charge in [0.25, 0.3) is 0 Å². The lowest BCUT2D eigenvalue weighted by molar-refractivity contribution is 0.0517. The predicted molar refractivity (Wildman–Crippen MR) is 106 cm³/mol. The van der Waals surface area contributed by atoms with E-state index in [1.807, 2.05) is 18.2 Å². The van der Waals surface area contributed by atoms with Crippen LogP contribution in [-0.4, -0.2) is 35.5 Å². The Morgan fingerprint density at radius 3 is 2.35 bits per heavy atom. The van der Waals surface area contributed by atoms with Gasteiger partial charge in [0, 0.05) is 23.0 Å². The lowest BCUT2D eigenvalue weighted by atomic mass is 10.1. The summed E-state index contributed by atoms with van der Waals surface area (Å²) < 4.78 is 5.19. The Balaban J connectivity index is 2.47. The lowest BCUT2D eigenvalue weighted by Crippen LogP contribution is -2.31. The van der Waals surface area contributed by atoms with Crippen LogP contribution in [0.3, 0.4) is 0 Å².